The summed E-state index contributed by atoms with van der Waals surface area (Å²) < 4.78 is 0. The van der Waals surface area contributed by atoms with Gasteiger partial charge in [0.1, 0.15) is 0 Å². The number of rotatable bonds is 2. The van der Waals surface area contributed by atoms with Gasteiger partial charge in [-0.25, -0.2) is 0 Å². The van der Waals surface area contributed by atoms with Crippen LogP contribution in [0.3, 0.4) is 0 Å². The van der Waals surface area contributed by atoms with E-state index in [1.807, 2.05) is 0 Å². The summed E-state index contributed by atoms with van der Waals surface area (Å²) >= 11 is 0. The van der Waals surface area contributed by atoms with Gasteiger partial charge in [-0.05, 0) is 55.8 Å². The predicted octanol–water partition coefficient (Wildman–Crippen LogP) is 4.25. The van der Waals surface area contributed by atoms with E-state index < -0.39 is 0 Å². The number of para-hydroxylation sites is 1. The quantitative estimate of drug-likeness (QED) is 0.890. The van der Waals surface area contributed by atoms with Crippen LogP contribution in [0.25, 0.3) is 0 Å². The Kier molecular flexibility index (Phi) is 3.41. The molecule has 1 spiro atoms. The first-order valence-corrected chi connectivity index (χ1v) is 9.53. The number of hydrogen-bond donors (Lipinski definition) is 1. The fourth-order valence-electron chi connectivity index (χ4n) is 5.74. The Bertz CT molecular complexity index is 724. The molecule has 2 aromatic carbocycles. The van der Waals surface area contributed by atoms with E-state index in [1.165, 1.54) is 49.9 Å². The van der Waals surface area contributed by atoms with Crippen LogP contribution >= 0.6 is 0 Å². The highest BCUT2D eigenvalue weighted by atomic mass is 15.2. The van der Waals surface area contributed by atoms with Crippen molar-refractivity contribution < 1.29 is 0 Å². The molecule has 2 nitrogen and oxygen atoms in total. The summed E-state index contributed by atoms with van der Waals surface area (Å²) in [6, 6.07) is 21.5. The van der Waals surface area contributed by atoms with Crippen molar-refractivity contribution in [1.82, 2.24) is 5.32 Å². The molecular formula is C22H26N2. The zero-order chi connectivity index (χ0) is 16.0. The second-order valence-corrected chi connectivity index (χ2v) is 7.73. The minimum atomic E-state index is 0.335. The van der Waals surface area contributed by atoms with E-state index in [2.05, 4.69) is 64.8 Å². The molecule has 2 aromatic rings. The number of hydrogen-bond acceptors (Lipinski definition) is 2. The number of benzene rings is 2. The van der Waals surface area contributed by atoms with Crippen molar-refractivity contribution in [3.05, 3.63) is 65.7 Å². The number of piperidine rings is 1. The Morgan fingerprint density at radius 3 is 2.71 bits per heavy atom. The van der Waals surface area contributed by atoms with Crippen LogP contribution in [0.1, 0.15) is 43.2 Å². The van der Waals surface area contributed by atoms with E-state index in [0.29, 0.717) is 17.5 Å². The minimum Gasteiger partial charge on any atom is -0.363 e. The number of fused-ring (bicyclic) bond motifs is 1. The highest BCUT2D eigenvalue weighted by Gasteiger charge is 2.56. The lowest BCUT2D eigenvalue weighted by Crippen LogP contribution is -2.61. The molecule has 0 amide bonds. The van der Waals surface area contributed by atoms with Crippen molar-refractivity contribution in [2.45, 2.75) is 56.1 Å². The van der Waals surface area contributed by atoms with Gasteiger partial charge < -0.3 is 10.2 Å². The van der Waals surface area contributed by atoms with Crippen LogP contribution in [0, 0.1) is 0 Å². The molecular weight excluding hydrogens is 292 g/mol. The Morgan fingerprint density at radius 1 is 0.958 bits per heavy atom. The van der Waals surface area contributed by atoms with Crippen LogP contribution in [0.5, 0.6) is 0 Å². The normalized spacial score (nSPS) is 31.2. The fraction of sp³-hybridized carbons (Fsp3) is 0.455. The van der Waals surface area contributed by atoms with E-state index in [1.54, 1.807) is 5.56 Å². The van der Waals surface area contributed by atoms with Crippen LogP contribution in [0.4, 0.5) is 5.69 Å². The highest BCUT2D eigenvalue weighted by molar-refractivity contribution is 5.66. The first kappa shape index (κ1) is 14.5. The van der Waals surface area contributed by atoms with E-state index >= 15 is 0 Å². The molecule has 0 bridgehead atoms. The van der Waals surface area contributed by atoms with E-state index in [0.717, 1.165) is 6.54 Å². The molecule has 2 heterocycles. The molecule has 24 heavy (non-hydrogen) atoms. The third kappa shape index (κ3) is 1.99. The average Bonchev–Trinajstić information content (AvgIpc) is 2.92. The summed E-state index contributed by atoms with van der Waals surface area (Å²) in [5.74, 6) is 0. The lowest BCUT2D eigenvalue weighted by Gasteiger charge is -2.51. The van der Waals surface area contributed by atoms with Gasteiger partial charge in [-0.1, -0.05) is 48.5 Å². The van der Waals surface area contributed by atoms with Gasteiger partial charge in [0.05, 0.1) is 0 Å². The molecule has 2 aliphatic heterocycles. The number of nitrogens with zero attached hydrogens (tertiary/aromatic N) is 1. The number of anilines is 1. The second kappa shape index (κ2) is 5.63. The molecule has 0 radical (unpaired) electrons. The Labute approximate surface area is 144 Å². The van der Waals surface area contributed by atoms with Crippen molar-refractivity contribution in [3.63, 3.8) is 0 Å². The van der Waals surface area contributed by atoms with Gasteiger partial charge >= 0.3 is 0 Å². The van der Waals surface area contributed by atoms with Gasteiger partial charge in [-0.2, -0.15) is 0 Å². The maximum absolute atomic E-state index is 3.88. The predicted molar refractivity (Wildman–Crippen MR) is 99.4 cm³/mol. The lowest BCUT2D eigenvalue weighted by molar-refractivity contribution is 0.144. The molecule has 3 atom stereocenters. The Hall–Kier alpha value is -1.80. The first-order valence-electron chi connectivity index (χ1n) is 9.53. The van der Waals surface area contributed by atoms with Gasteiger partial charge in [0.15, 0.2) is 0 Å². The highest BCUT2D eigenvalue weighted by Crippen LogP contribution is 2.55. The standard InChI is InChI=1S/C22H26N2/c1-2-8-17(9-3-1)16-24-19-11-5-4-10-18(19)22-14-7-15-23-20(22)12-6-13-21(22)24/h1-5,8-11,20-21,23H,6-7,12-16H2/t20-,21+,22-/m0/s1. The Morgan fingerprint density at radius 2 is 1.79 bits per heavy atom. The third-order valence-corrected chi connectivity index (χ3v) is 6.63. The van der Waals surface area contributed by atoms with Crippen molar-refractivity contribution in [2.24, 2.45) is 0 Å². The Balaban J connectivity index is 1.61. The van der Waals surface area contributed by atoms with Crippen LogP contribution in [-0.4, -0.2) is 18.6 Å². The maximum Gasteiger partial charge on any atom is 0.0433 e. The molecule has 1 aliphatic carbocycles. The van der Waals surface area contributed by atoms with Crippen LogP contribution in [0.15, 0.2) is 54.6 Å². The molecule has 2 heteroatoms. The molecule has 0 unspecified atom stereocenters. The summed E-state index contributed by atoms with van der Waals surface area (Å²) in [7, 11) is 0. The van der Waals surface area contributed by atoms with Crippen LogP contribution in [-0.2, 0) is 12.0 Å². The summed E-state index contributed by atoms with van der Waals surface area (Å²) in [6.07, 6.45) is 6.67. The number of nitrogens with one attached hydrogen (secondary N) is 1. The molecule has 1 saturated heterocycles. The third-order valence-electron chi connectivity index (χ3n) is 6.63. The molecule has 3 aliphatic rings. The topological polar surface area (TPSA) is 15.3 Å². The lowest BCUT2D eigenvalue weighted by atomic mass is 9.61. The van der Waals surface area contributed by atoms with Crippen LogP contribution in [0.2, 0.25) is 0 Å². The van der Waals surface area contributed by atoms with E-state index in [-0.39, 0.29) is 0 Å². The molecule has 2 fully saturated rings. The van der Waals surface area contributed by atoms with Gasteiger partial charge in [0, 0.05) is 29.7 Å². The van der Waals surface area contributed by atoms with Gasteiger partial charge in [-0.3, -0.25) is 0 Å². The summed E-state index contributed by atoms with van der Waals surface area (Å²) in [4.78, 5) is 2.73. The monoisotopic (exact) mass is 318 g/mol. The molecule has 5 rings (SSSR count). The van der Waals surface area contributed by atoms with Crippen molar-refractivity contribution in [2.75, 3.05) is 11.4 Å². The van der Waals surface area contributed by atoms with Crippen molar-refractivity contribution in [3.8, 4) is 0 Å². The summed E-state index contributed by atoms with van der Waals surface area (Å²) in [5.41, 5.74) is 4.86. The molecule has 0 aromatic heterocycles. The van der Waals surface area contributed by atoms with Crippen LogP contribution < -0.4 is 10.2 Å². The molecule has 1 N–H and O–H groups in total. The zero-order valence-corrected chi connectivity index (χ0v) is 14.2. The van der Waals surface area contributed by atoms with Crippen molar-refractivity contribution >= 4 is 5.69 Å². The smallest absolute Gasteiger partial charge is 0.0433 e. The summed E-state index contributed by atoms with van der Waals surface area (Å²) in [6.45, 7) is 2.23. The van der Waals surface area contributed by atoms with Gasteiger partial charge in [0.25, 0.3) is 0 Å². The SMILES string of the molecule is c1ccc(CN2c3ccccc3[C@@]34CCCN[C@H]3CCC[C@@H]24)cc1. The van der Waals surface area contributed by atoms with Crippen molar-refractivity contribution in [1.29, 1.82) is 0 Å². The van der Waals surface area contributed by atoms with Gasteiger partial charge in [-0.15, -0.1) is 0 Å². The second-order valence-electron chi connectivity index (χ2n) is 7.73. The molecule has 1 saturated carbocycles. The largest absolute Gasteiger partial charge is 0.363 e. The summed E-state index contributed by atoms with van der Waals surface area (Å²) in [5, 5.41) is 3.88. The minimum absolute atomic E-state index is 0.335. The van der Waals surface area contributed by atoms with E-state index in [9.17, 15) is 0 Å². The fourth-order valence-corrected chi connectivity index (χ4v) is 5.74. The average molecular weight is 318 g/mol. The van der Waals surface area contributed by atoms with E-state index in [4.69, 9.17) is 0 Å². The maximum atomic E-state index is 3.88. The first-order chi connectivity index (χ1) is 11.9. The van der Waals surface area contributed by atoms with Gasteiger partial charge in [0.2, 0.25) is 0 Å². The molecule has 124 valence electrons. The zero-order valence-electron chi connectivity index (χ0n) is 14.2.